The molecular formula is C20H26N4O3. The van der Waals surface area contributed by atoms with Crippen molar-refractivity contribution < 1.29 is 14.3 Å². The Kier molecular flexibility index (Phi) is 5.78. The molecule has 1 saturated carbocycles. The average molecular weight is 370 g/mol. The highest BCUT2D eigenvalue weighted by Gasteiger charge is 2.27. The summed E-state index contributed by atoms with van der Waals surface area (Å²) in [4.78, 5) is 25.9. The van der Waals surface area contributed by atoms with Crippen LogP contribution in [0, 0.1) is 0 Å². The van der Waals surface area contributed by atoms with Gasteiger partial charge in [0, 0.05) is 31.3 Å². The second-order valence-electron chi connectivity index (χ2n) is 7.03. The van der Waals surface area contributed by atoms with Gasteiger partial charge in [0.05, 0.1) is 6.04 Å². The predicted octanol–water partition coefficient (Wildman–Crippen LogP) is 2.64. The highest BCUT2D eigenvalue weighted by atomic mass is 16.5. The molecule has 144 valence electrons. The number of amides is 2. The fourth-order valence-corrected chi connectivity index (χ4v) is 2.86. The first-order valence-electron chi connectivity index (χ1n) is 9.27. The second-order valence-corrected chi connectivity index (χ2v) is 7.03. The van der Waals surface area contributed by atoms with Gasteiger partial charge in [-0.25, -0.2) is 0 Å². The quantitative estimate of drug-likeness (QED) is 0.748. The van der Waals surface area contributed by atoms with Gasteiger partial charge in [0.25, 0.3) is 11.8 Å². The zero-order chi connectivity index (χ0) is 19.4. The van der Waals surface area contributed by atoms with Gasteiger partial charge in [-0.1, -0.05) is 25.1 Å². The minimum absolute atomic E-state index is 0.0431. The molecule has 1 aliphatic carbocycles. The summed E-state index contributed by atoms with van der Waals surface area (Å²) in [5, 5.41) is 10.1. The molecule has 0 spiro atoms. The Bertz CT molecular complexity index is 811. The maximum absolute atomic E-state index is 12.6. The van der Waals surface area contributed by atoms with E-state index in [1.807, 2.05) is 37.3 Å². The molecule has 27 heavy (non-hydrogen) atoms. The van der Waals surface area contributed by atoms with Crippen LogP contribution in [0.25, 0.3) is 0 Å². The normalized spacial score (nSPS) is 14.5. The lowest BCUT2D eigenvalue weighted by atomic mass is 10.0. The van der Waals surface area contributed by atoms with Gasteiger partial charge in [-0.3, -0.25) is 14.7 Å². The van der Waals surface area contributed by atoms with Crippen LogP contribution in [0.4, 0.5) is 0 Å². The third-order valence-corrected chi connectivity index (χ3v) is 4.71. The van der Waals surface area contributed by atoms with Crippen molar-refractivity contribution in [3.63, 3.8) is 0 Å². The van der Waals surface area contributed by atoms with Gasteiger partial charge < -0.3 is 15.0 Å². The number of carbonyl (C=O) groups is 2. The maximum Gasteiger partial charge on any atom is 0.272 e. The van der Waals surface area contributed by atoms with Crippen LogP contribution in [-0.2, 0) is 4.79 Å². The number of hydrogen-bond donors (Lipinski definition) is 2. The van der Waals surface area contributed by atoms with Gasteiger partial charge >= 0.3 is 0 Å². The van der Waals surface area contributed by atoms with E-state index in [0.29, 0.717) is 23.8 Å². The van der Waals surface area contributed by atoms with E-state index in [-0.39, 0.29) is 24.5 Å². The van der Waals surface area contributed by atoms with Crippen LogP contribution < -0.4 is 10.1 Å². The molecule has 2 amide bonds. The summed E-state index contributed by atoms with van der Waals surface area (Å²) in [7, 11) is 3.37. The van der Waals surface area contributed by atoms with E-state index in [9.17, 15) is 9.59 Å². The van der Waals surface area contributed by atoms with Gasteiger partial charge in [0.15, 0.2) is 6.61 Å². The first kappa shape index (κ1) is 18.9. The second kappa shape index (κ2) is 8.24. The summed E-state index contributed by atoms with van der Waals surface area (Å²) in [6, 6.07) is 9.06. The molecule has 1 aromatic carbocycles. The molecule has 7 heteroatoms. The lowest BCUT2D eigenvalue weighted by Gasteiger charge is -2.20. The van der Waals surface area contributed by atoms with Crippen molar-refractivity contribution in [3.05, 3.63) is 47.3 Å². The van der Waals surface area contributed by atoms with Gasteiger partial charge in [-0.2, -0.15) is 5.10 Å². The third kappa shape index (κ3) is 4.67. The van der Waals surface area contributed by atoms with Crippen LogP contribution >= 0.6 is 0 Å². The average Bonchev–Trinajstić information content (AvgIpc) is 3.40. The zero-order valence-corrected chi connectivity index (χ0v) is 16.0. The summed E-state index contributed by atoms with van der Waals surface area (Å²) < 4.78 is 5.71. The van der Waals surface area contributed by atoms with E-state index in [2.05, 4.69) is 15.5 Å². The van der Waals surface area contributed by atoms with Crippen molar-refractivity contribution in [1.82, 2.24) is 20.4 Å². The van der Waals surface area contributed by atoms with Crippen LogP contribution in [0.3, 0.4) is 0 Å². The molecule has 1 aliphatic rings. The van der Waals surface area contributed by atoms with E-state index < -0.39 is 0 Å². The standard InChI is InChI=1S/C20H26N4O3/c1-4-15(21-20(26)17-11-16(22-23-17)13-9-10-13)14-7-5-6-8-18(14)27-12-19(25)24(2)3/h5-8,11,13,15H,4,9-10,12H2,1-3H3,(H,21,26)(H,22,23). The molecule has 7 nitrogen and oxygen atoms in total. The lowest BCUT2D eigenvalue weighted by molar-refractivity contribution is -0.130. The molecule has 0 aliphatic heterocycles. The van der Waals surface area contributed by atoms with Crippen molar-refractivity contribution in [1.29, 1.82) is 0 Å². The molecule has 2 aromatic rings. The van der Waals surface area contributed by atoms with Crippen molar-refractivity contribution in [2.45, 2.75) is 38.1 Å². The summed E-state index contributed by atoms with van der Waals surface area (Å²) in [6.45, 7) is 1.95. The van der Waals surface area contributed by atoms with Gasteiger partial charge in [-0.05, 0) is 31.4 Å². The molecule has 1 unspecified atom stereocenters. The van der Waals surface area contributed by atoms with Crippen molar-refractivity contribution in [3.8, 4) is 5.75 Å². The smallest absolute Gasteiger partial charge is 0.272 e. The number of para-hydroxylation sites is 1. The summed E-state index contributed by atoms with van der Waals surface area (Å²) >= 11 is 0. The Morgan fingerprint density at radius 1 is 1.33 bits per heavy atom. The molecule has 1 atom stereocenters. The minimum atomic E-state index is -0.232. The first-order valence-corrected chi connectivity index (χ1v) is 9.27. The number of ether oxygens (including phenoxy) is 1. The molecule has 1 aromatic heterocycles. The Morgan fingerprint density at radius 2 is 2.07 bits per heavy atom. The fraction of sp³-hybridized carbons (Fsp3) is 0.450. The molecule has 0 saturated heterocycles. The van der Waals surface area contributed by atoms with Crippen LogP contribution in [0.15, 0.2) is 30.3 Å². The van der Waals surface area contributed by atoms with E-state index in [1.165, 1.54) is 4.90 Å². The highest BCUT2D eigenvalue weighted by molar-refractivity contribution is 5.92. The van der Waals surface area contributed by atoms with E-state index in [1.54, 1.807) is 14.1 Å². The topological polar surface area (TPSA) is 87.3 Å². The number of nitrogens with zero attached hydrogens (tertiary/aromatic N) is 2. The van der Waals surface area contributed by atoms with Crippen LogP contribution in [0.1, 0.15) is 59.9 Å². The van der Waals surface area contributed by atoms with Crippen molar-refractivity contribution in [2.75, 3.05) is 20.7 Å². The van der Waals surface area contributed by atoms with Crippen molar-refractivity contribution in [2.24, 2.45) is 0 Å². The fourth-order valence-electron chi connectivity index (χ4n) is 2.86. The van der Waals surface area contributed by atoms with E-state index in [0.717, 1.165) is 24.1 Å². The molecule has 2 N–H and O–H groups in total. The van der Waals surface area contributed by atoms with Gasteiger partial charge in [0.1, 0.15) is 11.4 Å². The largest absolute Gasteiger partial charge is 0.483 e. The number of hydrogen-bond acceptors (Lipinski definition) is 4. The number of carbonyl (C=O) groups excluding carboxylic acids is 2. The monoisotopic (exact) mass is 370 g/mol. The number of nitrogens with one attached hydrogen (secondary N) is 2. The number of rotatable bonds is 8. The van der Waals surface area contributed by atoms with Crippen LogP contribution in [0.2, 0.25) is 0 Å². The van der Waals surface area contributed by atoms with Crippen molar-refractivity contribution >= 4 is 11.8 Å². The summed E-state index contributed by atoms with van der Waals surface area (Å²) in [5.74, 6) is 0.778. The van der Waals surface area contributed by atoms with E-state index >= 15 is 0 Å². The SMILES string of the molecule is CCC(NC(=O)c1cc(C2CC2)[nH]n1)c1ccccc1OCC(=O)N(C)C. The molecule has 0 bridgehead atoms. The predicted molar refractivity (Wildman–Crippen MR) is 102 cm³/mol. The molecule has 0 radical (unpaired) electrons. The number of aromatic amines is 1. The number of likely N-dealkylation sites (N-methyl/N-ethyl adjacent to an activating group) is 1. The summed E-state index contributed by atoms with van der Waals surface area (Å²) in [5.41, 5.74) is 2.27. The minimum Gasteiger partial charge on any atom is -0.483 e. The Hall–Kier alpha value is -2.83. The number of benzene rings is 1. The lowest BCUT2D eigenvalue weighted by Crippen LogP contribution is -2.30. The molecular weight excluding hydrogens is 344 g/mol. The number of aromatic nitrogens is 2. The Balaban J connectivity index is 1.70. The third-order valence-electron chi connectivity index (χ3n) is 4.71. The molecule has 3 rings (SSSR count). The Morgan fingerprint density at radius 3 is 2.74 bits per heavy atom. The molecule has 1 heterocycles. The van der Waals surface area contributed by atoms with E-state index in [4.69, 9.17) is 4.74 Å². The van der Waals surface area contributed by atoms with Crippen LogP contribution in [-0.4, -0.2) is 47.6 Å². The first-order chi connectivity index (χ1) is 13.0. The highest BCUT2D eigenvalue weighted by Crippen LogP contribution is 2.39. The van der Waals surface area contributed by atoms with Gasteiger partial charge in [-0.15, -0.1) is 0 Å². The maximum atomic E-state index is 12.6. The van der Waals surface area contributed by atoms with Crippen LogP contribution in [0.5, 0.6) is 5.75 Å². The Labute approximate surface area is 159 Å². The van der Waals surface area contributed by atoms with Gasteiger partial charge in [0.2, 0.25) is 0 Å². The number of H-pyrrole nitrogens is 1. The summed E-state index contributed by atoms with van der Waals surface area (Å²) in [6.07, 6.45) is 2.99. The molecule has 1 fully saturated rings. The zero-order valence-electron chi connectivity index (χ0n) is 16.0.